The molecule has 0 fully saturated rings. The summed E-state index contributed by atoms with van der Waals surface area (Å²) in [4.78, 5) is 2.30. The van der Waals surface area contributed by atoms with Crippen LogP contribution in [0, 0.1) is 13.8 Å². The molecule has 0 bridgehead atoms. The fourth-order valence-electron chi connectivity index (χ4n) is 6.72. The van der Waals surface area contributed by atoms with Crippen LogP contribution in [-0.2, 0) is 6.54 Å². The summed E-state index contributed by atoms with van der Waals surface area (Å²) in [6, 6.07) is 40.0. The summed E-state index contributed by atoms with van der Waals surface area (Å²) in [6.07, 6.45) is 10.7. The van der Waals surface area contributed by atoms with E-state index in [1.54, 1.807) is 7.11 Å². The van der Waals surface area contributed by atoms with Gasteiger partial charge in [0.25, 0.3) is 0 Å². The number of fused-ring (bicyclic) bond motifs is 3. The van der Waals surface area contributed by atoms with Crippen molar-refractivity contribution in [2.75, 3.05) is 12.0 Å². The quantitative estimate of drug-likeness (QED) is 0.114. The van der Waals surface area contributed by atoms with Crippen LogP contribution < -0.4 is 9.64 Å². The molecule has 6 aromatic rings. The Morgan fingerprint density at radius 3 is 1.65 bits per heavy atom. The number of aryl methyl sites for hydroxylation is 3. The van der Waals surface area contributed by atoms with Gasteiger partial charge in [0.15, 0.2) is 0 Å². The number of anilines is 3. The van der Waals surface area contributed by atoms with Gasteiger partial charge in [-0.25, -0.2) is 0 Å². The number of hydrogen-bond donors (Lipinski definition) is 0. The molecule has 0 atom stereocenters. The zero-order valence-electron chi connectivity index (χ0n) is 28.1. The molecule has 3 nitrogen and oxygen atoms in total. The van der Waals surface area contributed by atoms with E-state index < -0.39 is 0 Å². The summed E-state index contributed by atoms with van der Waals surface area (Å²) in [5.41, 5.74) is 11.1. The largest absolute Gasteiger partial charge is 0.497 e. The maximum Gasteiger partial charge on any atom is 0.119 e. The number of ether oxygens (including phenoxy) is 1. The Morgan fingerprint density at radius 1 is 0.522 bits per heavy atom. The van der Waals surface area contributed by atoms with Crippen LogP contribution in [0.5, 0.6) is 5.75 Å². The molecule has 0 unspecified atom stereocenters. The number of aromatic nitrogens is 1. The zero-order valence-corrected chi connectivity index (χ0v) is 28.1. The van der Waals surface area contributed by atoms with Gasteiger partial charge in [-0.15, -0.1) is 0 Å². The smallest absolute Gasteiger partial charge is 0.119 e. The Morgan fingerprint density at radius 2 is 1.02 bits per heavy atom. The molecule has 6 rings (SSSR count). The van der Waals surface area contributed by atoms with Crippen molar-refractivity contribution < 1.29 is 4.74 Å². The minimum atomic E-state index is 0.854. The first-order chi connectivity index (χ1) is 22.6. The van der Waals surface area contributed by atoms with Crippen LogP contribution >= 0.6 is 0 Å². The number of benzene rings is 5. The van der Waals surface area contributed by atoms with Crippen LogP contribution in [0.15, 0.2) is 109 Å². The van der Waals surface area contributed by atoms with E-state index in [-0.39, 0.29) is 0 Å². The molecule has 0 spiro atoms. The average molecular weight is 609 g/mol. The van der Waals surface area contributed by atoms with Crippen molar-refractivity contribution in [1.29, 1.82) is 0 Å². The van der Waals surface area contributed by atoms with E-state index in [2.05, 4.69) is 127 Å². The standard InChI is InChI=1S/C43H48N2O/c1-5-6-7-8-9-10-11-12-29-44-42-27-15-33(3)30-40(42)41-31-35(18-28-43(41)44)34-16-21-37(22-17-34)45(36-19-13-32(2)14-20-36)38-23-25-39(46-4)26-24-38/h13-28,30-31H,5-12,29H2,1-4H3. The number of nitrogens with zero attached hydrogens (tertiary/aromatic N) is 2. The number of rotatable bonds is 14. The molecule has 0 saturated carbocycles. The first-order valence-corrected chi connectivity index (χ1v) is 17.2. The summed E-state index contributed by atoms with van der Waals surface area (Å²) in [6.45, 7) is 7.69. The lowest BCUT2D eigenvalue weighted by molar-refractivity contribution is 0.415. The number of methoxy groups -OCH3 is 1. The second kappa shape index (κ2) is 14.7. The Labute approximate surface area is 275 Å². The highest BCUT2D eigenvalue weighted by Gasteiger charge is 2.15. The van der Waals surface area contributed by atoms with E-state index in [1.165, 1.54) is 95.4 Å². The van der Waals surface area contributed by atoms with Crippen molar-refractivity contribution in [2.45, 2.75) is 78.7 Å². The average Bonchev–Trinajstić information content (AvgIpc) is 3.39. The van der Waals surface area contributed by atoms with E-state index in [4.69, 9.17) is 4.74 Å². The van der Waals surface area contributed by atoms with Gasteiger partial charge >= 0.3 is 0 Å². The van der Waals surface area contributed by atoms with Crippen molar-refractivity contribution in [3.63, 3.8) is 0 Å². The molecule has 0 aliphatic rings. The van der Waals surface area contributed by atoms with E-state index in [9.17, 15) is 0 Å². The molecule has 0 radical (unpaired) electrons. The molecule has 1 aromatic heterocycles. The van der Waals surface area contributed by atoms with Gasteiger partial charge in [0.1, 0.15) is 5.75 Å². The van der Waals surface area contributed by atoms with Gasteiger partial charge in [-0.2, -0.15) is 0 Å². The van der Waals surface area contributed by atoms with E-state index in [0.717, 1.165) is 29.4 Å². The van der Waals surface area contributed by atoms with Crippen LogP contribution in [0.2, 0.25) is 0 Å². The summed E-state index contributed by atoms with van der Waals surface area (Å²) in [7, 11) is 1.71. The van der Waals surface area contributed by atoms with E-state index in [0.29, 0.717) is 0 Å². The topological polar surface area (TPSA) is 17.4 Å². The van der Waals surface area contributed by atoms with Crippen LogP contribution in [0.1, 0.15) is 69.4 Å². The van der Waals surface area contributed by atoms with Crippen LogP contribution in [0.25, 0.3) is 32.9 Å². The highest BCUT2D eigenvalue weighted by atomic mass is 16.5. The molecule has 0 N–H and O–H groups in total. The maximum atomic E-state index is 5.43. The minimum absolute atomic E-state index is 0.854. The van der Waals surface area contributed by atoms with Crippen molar-refractivity contribution in [3.8, 4) is 16.9 Å². The van der Waals surface area contributed by atoms with Crippen LogP contribution in [0.4, 0.5) is 17.1 Å². The van der Waals surface area contributed by atoms with Crippen LogP contribution in [0.3, 0.4) is 0 Å². The highest BCUT2D eigenvalue weighted by molar-refractivity contribution is 6.09. The van der Waals surface area contributed by atoms with Crippen molar-refractivity contribution in [1.82, 2.24) is 4.57 Å². The lowest BCUT2D eigenvalue weighted by Crippen LogP contribution is -2.09. The second-order valence-corrected chi connectivity index (χ2v) is 12.8. The normalized spacial score (nSPS) is 11.4. The fourth-order valence-corrected chi connectivity index (χ4v) is 6.72. The van der Waals surface area contributed by atoms with Gasteiger partial charge in [-0.1, -0.05) is 99.4 Å². The first-order valence-electron chi connectivity index (χ1n) is 17.2. The Hall–Kier alpha value is -4.50. The number of hydrogen-bond acceptors (Lipinski definition) is 2. The monoisotopic (exact) mass is 608 g/mol. The third kappa shape index (κ3) is 6.99. The second-order valence-electron chi connectivity index (χ2n) is 12.8. The van der Waals surface area contributed by atoms with Crippen molar-refractivity contribution >= 4 is 38.9 Å². The van der Waals surface area contributed by atoms with Crippen LogP contribution in [-0.4, -0.2) is 11.7 Å². The third-order valence-corrected chi connectivity index (χ3v) is 9.34. The molecule has 0 aliphatic carbocycles. The molecule has 0 aliphatic heterocycles. The SMILES string of the molecule is CCCCCCCCCCn1c2ccc(C)cc2c2cc(-c3ccc(N(c4ccc(C)cc4)c4ccc(OC)cc4)cc3)ccc21. The van der Waals surface area contributed by atoms with Gasteiger partial charge in [0, 0.05) is 45.4 Å². The Kier molecular flexibility index (Phi) is 10.1. The molecule has 5 aromatic carbocycles. The molecule has 0 saturated heterocycles. The minimum Gasteiger partial charge on any atom is -0.497 e. The van der Waals surface area contributed by atoms with Gasteiger partial charge < -0.3 is 14.2 Å². The lowest BCUT2D eigenvalue weighted by atomic mass is 10.0. The summed E-state index contributed by atoms with van der Waals surface area (Å²) in [5.74, 6) is 0.854. The number of unbranched alkanes of at least 4 members (excludes halogenated alkanes) is 7. The summed E-state index contributed by atoms with van der Waals surface area (Å²) < 4.78 is 7.99. The van der Waals surface area contributed by atoms with Gasteiger partial charge in [0.05, 0.1) is 7.11 Å². The Bertz CT molecular complexity index is 1860. The third-order valence-electron chi connectivity index (χ3n) is 9.34. The van der Waals surface area contributed by atoms with Crippen molar-refractivity contribution in [2.24, 2.45) is 0 Å². The Balaban J connectivity index is 1.27. The van der Waals surface area contributed by atoms with Gasteiger partial charge in [-0.05, 0) is 104 Å². The van der Waals surface area contributed by atoms with Gasteiger partial charge in [-0.3, -0.25) is 0 Å². The molecule has 3 heteroatoms. The molecular formula is C43H48N2O. The van der Waals surface area contributed by atoms with Crippen molar-refractivity contribution in [3.05, 3.63) is 120 Å². The molecular weight excluding hydrogens is 560 g/mol. The highest BCUT2D eigenvalue weighted by Crippen LogP contribution is 2.38. The molecule has 46 heavy (non-hydrogen) atoms. The zero-order chi connectivity index (χ0) is 31.9. The fraction of sp³-hybridized carbons (Fsp3) is 0.302. The first kappa shape index (κ1) is 31.5. The van der Waals surface area contributed by atoms with E-state index >= 15 is 0 Å². The predicted molar refractivity (Wildman–Crippen MR) is 198 cm³/mol. The van der Waals surface area contributed by atoms with Gasteiger partial charge in [0.2, 0.25) is 0 Å². The lowest BCUT2D eigenvalue weighted by Gasteiger charge is -2.26. The summed E-state index contributed by atoms with van der Waals surface area (Å²) in [5, 5.41) is 2.71. The molecule has 0 amide bonds. The molecule has 1 heterocycles. The maximum absolute atomic E-state index is 5.43. The summed E-state index contributed by atoms with van der Waals surface area (Å²) >= 11 is 0. The molecule has 236 valence electrons. The predicted octanol–water partition coefficient (Wildman–Crippen LogP) is 12.7. The van der Waals surface area contributed by atoms with E-state index in [1.807, 2.05) is 12.1 Å².